The topological polar surface area (TPSA) is 97.8 Å². The Balaban J connectivity index is 2.48. The van der Waals surface area contributed by atoms with Crippen molar-refractivity contribution in [3.8, 4) is 0 Å². The standard InChI is InChI=1S/C13H17NO6S2/c1-3-20-13-8-7-12(15)14(13)22(18,19)11-6-4-5-10(9-11)21(2,16)17/h4-6,9,13H,3,7-8H2,1-2H3. The molecule has 1 heterocycles. The number of amides is 1. The molecule has 0 radical (unpaired) electrons. The van der Waals surface area contributed by atoms with Gasteiger partial charge in [-0.2, -0.15) is 0 Å². The van der Waals surface area contributed by atoms with E-state index in [0.29, 0.717) is 4.31 Å². The maximum absolute atomic E-state index is 12.6. The molecule has 2 rings (SSSR count). The van der Waals surface area contributed by atoms with Crippen molar-refractivity contribution < 1.29 is 26.4 Å². The largest absolute Gasteiger partial charge is 0.357 e. The van der Waals surface area contributed by atoms with E-state index in [2.05, 4.69) is 0 Å². The van der Waals surface area contributed by atoms with Gasteiger partial charge in [0.2, 0.25) is 5.91 Å². The summed E-state index contributed by atoms with van der Waals surface area (Å²) in [5.41, 5.74) is 0. The van der Waals surface area contributed by atoms with E-state index in [9.17, 15) is 21.6 Å². The van der Waals surface area contributed by atoms with Gasteiger partial charge in [0.05, 0.1) is 9.79 Å². The number of hydrogen-bond acceptors (Lipinski definition) is 6. The summed E-state index contributed by atoms with van der Waals surface area (Å²) in [4.78, 5) is 11.6. The van der Waals surface area contributed by atoms with E-state index in [0.717, 1.165) is 12.3 Å². The number of carbonyl (C=O) groups is 1. The van der Waals surface area contributed by atoms with Gasteiger partial charge < -0.3 is 4.74 Å². The fourth-order valence-corrected chi connectivity index (χ4v) is 4.58. The smallest absolute Gasteiger partial charge is 0.268 e. The molecule has 1 aliphatic heterocycles. The Bertz CT molecular complexity index is 785. The average Bonchev–Trinajstić information content (AvgIpc) is 2.80. The van der Waals surface area contributed by atoms with Crippen LogP contribution in [0.4, 0.5) is 0 Å². The molecular weight excluding hydrogens is 330 g/mol. The number of rotatable bonds is 5. The second-order valence-corrected chi connectivity index (χ2v) is 8.72. The molecule has 0 aromatic heterocycles. The minimum absolute atomic E-state index is 0.0790. The van der Waals surface area contributed by atoms with Crippen LogP contribution in [-0.4, -0.2) is 46.1 Å². The molecule has 22 heavy (non-hydrogen) atoms. The summed E-state index contributed by atoms with van der Waals surface area (Å²) in [5, 5.41) is 0. The van der Waals surface area contributed by atoms with E-state index in [-0.39, 0.29) is 29.2 Å². The molecule has 9 heteroatoms. The van der Waals surface area contributed by atoms with E-state index < -0.39 is 32.0 Å². The molecule has 1 amide bonds. The molecule has 7 nitrogen and oxygen atoms in total. The molecular formula is C13H17NO6S2. The van der Waals surface area contributed by atoms with Gasteiger partial charge in [-0.1, -0.05) is 6.07 Å². The molecule has 0 N–H and O–H groups in total. The van der Waals surface area contributed by atoms with Gasteiger partial charge in [-0.25, -0.2) is 21.1 Å². The van der Waals surface area contributed by atoms with Crippen molar-refractivity contribution in [1.82, 2.24) is 4.31 Å². The summed E-state index contributed by atoms with van der Waals surface area (Å²) in [6.45, 7) is 1.98. The summed E-state index contributed by atoms with van der Waals surface area (Å²) >= 11 is 0. The van der Waals surface area contributed by atoms with Crippen LogP contribution in [0.5, 0.6) is 0 Å². The van der Waals surface area contributed by atoms with Gasteiger partial charge in [-0.15, -0.1) is 0 Å². The second-order valence-electron chi connectivity index (χ2n) is 4.89. The minimum Gasteiger partial charge on any atom is -0.357 e. The maximum atomic E-state index is 12.6. The van der Waals surface area contributed by atoms with E-state index in [4.69, 9.17) is 4.74 Å². The number of ether oxygens (including phenoxy) is 1. The Labute approximate surface area is 129 Å². The van der Waals surface area contributed by atoms with Crippen molar-refractivity contribution in [3.63, 3.8) is 0 Å². The molecule has 0 aliphatic carbocycles. The van der Waals surface area contributed by atoms with Crippen LogP contribution in [-0.2, 0) is 29.4 Å². The quantitative estimate of drug-likeness (QED) is 0.780. The zero-order chi connectivity index (χ0) is 16.5. The highest BCUT2D eigenvalue weighted by Crippen LogP contribution is 2.28. The van der Waals surface area contributed by atoms with Crippen LogP contribution in [0.3, 0.4) is 0 Å². The summed E-state index contributed by atoms with van der Waals surface area (Å²) in [6.07, 6.45) is 0.514. The van der Waals surface area contributed by atoms with E-state index >= 15 is 0 Å². The normalized spacial score (nSPS) is 19.6. The minimum atomic E-state index is -4.15. The first-order chi connectivity index (χ1) is 10.2. The fourth-order valence-electron chi connectivity index (χ4n) is 2.25. The molecule has 0 spiro atoms. The lowest BCUT2D eigenvalue weighted by Gasteiger charge is -2.24. The van der Waals surface area contributed by atoms with Crippen LogP contribution in [0.1, 0.15) is 19.8 Å². The van der Waals surface area contributed by atoms with Crippen LogP contribution in [0, 0.1) is 0 Å². The molecule has 1 atom stereocenters. The lowest BCUT2D eigenvalue weighted by atomic mass is 10.3. The Morgan fingerprint density at radius 3 is 2.45 bits per heavy atom. The summed E-state index contributed by atoms with van der Waals surface area (Å²) in [6, 6.07) is 4.96. The number of sulfone groups is 1. The lowest BCUT2D eigenvalue weighted by molar-refractivity contribution is -0.128. The molecule has 122 valence electrons. The second kappa shape index (κ2) is 5.98. The van der Waals surface area contributed by atoms with E-state index in [1.807, 2.05) is 0 Å². The van der Waals surface area contributed by atoms with E-state index in [1.54, 1.807) is 6.92 Å². The van der Waals surface area contributed by atoms with Crippen LogP contribution < -0.4 is 0 Å². The van der Waals surface area contributed by atoms with Gasteiger partial charge in [0.15, 0.2) is 9.84 Å². The number of benzene rings is 1. The highest BCUT2D eigenvalue weighted by Gasteiger charge is 2.41. The molecule has 0 bridgehead atoms. The summed E-state index contributed by atoms with van der Waals surface area (Å²) in [5.74, 6) is -0.553. The maximum Gasteiger partial charge on any atom is 0.268 e. The zero-order valence-corrected chi connectivity index (χ0v) is 13.9. The van der Waals surface area contributed by atoms with Crippen molar-refractivity contribution in [2.45, 2.75) is 35.8 Å². The Kier molecular flexibility index (Phi) is 4.59. The van der Waals surface area contributed by atoms with Gasteiger partial charge in [0.25, 0.3) is 10.0 Å². The predicted octanol–water partition coefficient (Wildman–Crippen LogP) is 0.764. The van der Waals surface area contributed by atoms with Gasteiger partial charge in [0.1, 0.15) is 6.23 Å². The van der Waals surface area contributed by atoms with Crippen LogP contribution >= 0.6 is 0 Å². The third-order valence-electron chi connectivity index (χ3n) is 3.26. The SMILES string of the molecule is CCOC1CCC(=O)N1S(=O)(=O)c1cccc(S(C)(=O)=O)c1. The number of sulfonamides is 1. The number of nitrogens with zero attached hydrogens (tertiary/aromatic N) is 1. The van der Waals surface area contributed by atoms with Crippen molar-refractivity contribution in [3.05, 3.63) is 24.3 Å². The number of hydrogen-bond donors (Lipinski definition) is 0. The lowest BCUT2D eigenvalue weighted by Crippen LogP contribution is -2.40. The van der Waals surface area contributed by atoms with Gasteiger partial charge in [0, 0.05) is 25.7 Å². The molecule has 1 fully saturated rings. The van der Waals surface area contributed by atoms with Gasteiger partial charge >= 0.3 is 0 Å². The molecule has 1 aliphatic rings. The summed E-state index contributed by atoms with van der Waals surface area (Å²) < 4.78 is 54.4. The van der Waals surface area contributed by atoms with Crippen molar-refractivity contribution in [2.75, 3.05) is 12.9 Å². The van der Waals surface area contributed by atoms with Crippen LogP contribution in [0.25, 0.3) is 0 Å². The van der Waals surface area contributed by atoms with Gasteiger partial charge in [-0.05, 0) is 25.1 Å². The number of carbonyl (C=O) groups excluding carboxylic acids is 1. The molecule has 1 aromatic rings. The highest BCUT2D eigenvalue weighted by molar-refractivity contribution is 7.91. The first-order valence-electron chi connectivity index (χ1n) is 6.67. The van der Waals surface area contributed by atoms with Crippen molar-refractivity contribution in [1.29, 1.82) is 0 Å². The zero-order valence-electron chi connectivity index (χ0n) is 12.2. The fraction of sp³-hybridized carbons (Fsp3) is 0.462. The molecule has 0 saturated carbocycles. The Morgan fingerprint density at radius 1 is 1.23 bits per heavy atom. The first-order valence-corrected chi connectivity index (χ1v) is 10.00. The Morgan fingerprint density at radius 2 is 1.86 bits per heavy atom. The average molecular weight is 347 g/mol. The molecule has 1 saturated heterocycles. The van der Waals surface area contributed by atoms with Crippen molar-refractivity contribution >= 4 is 25.8 Å². The van der Waals surface area contributed by atoms with Crippen LogP contribution in [0.15, 0.2) is 34.1 Å². The molecule has 1 unspecified atom stereocenters. The monoisotopic (exact) mass is 347 g/mol. The molecule has 1 aromatic carbocycles. The van der Waals surface area contributed by atoms with Crippen molar-refractivity contribution in [2.24, 2.45) is 0 Å². The first kappa shape index (κ1) is 16.9. The summed E-state index contributed by atoms with van der Waals surface area (Å²) in [7, 11) is -7.69. The van der Waals surface area contributed by atoms with E-state index in [1.165, 1.54) is 18.2 Å². The predicted molar refractivity (Wildman–Crippen MR) is 78.2 cm³/mol. The van der Waals surface area contributed by atoms with Crippen LogP contribution in [0.2, 0.25) is 0 Å². The Hall–Kier alpha value is -1.45. The third kappa shape index (κ3) is 3.16. The van der Waals surface area contributed by atoms with Gasteiger partial charge in [-0.3, -0.25) is 4.79 Å². The third-order valence-corrected chi connectivity index (χ3v) is 6.18. The highest BCUT2D eigenvalue weighted by atomic mass is 32.2.